The molecule has 1 aliphatic carbocycles. The number of ether oxygens (including phenoxy) is 3. The molecule has 120 valence electrons. The number of nitrogens with zero attached hydrogens (tertiary/aromatic N) is 1. The lowest BCUT2D eigenvalue weighted by Gasteiger charge is -2.52. The lowest BCUT2D eigenvalue weighted by Crippen LogP contribution is -2.70. The Bertz CT molecular complexity index is 376. The molecule has 3 N–H and O–H groups in total. The first-order valence-corrected chi connectivity index (χ1v) is 8.18. The number of nitrogens with one attached hydrogen (secondary N) is 1. The van der Waals surface area contributed by atoms with Crippen molar-refractivity contribution in [1.82, 2.24) is 5.32 Å². The monoisotopic (exact) mass is 297 g/mol. The van der Waals surface area contributed by atoms with E-state index < -0.39 is 0 Å². The zero-order chi connectivity index (χ0) is 14.7. The molecule has 0 aromatic carbocycles. The highest BCUT2D eigenvalue weighted by atomic mass is 16.6. The number of hydrogen-bond acceptors (Lipinski definition) is 4. The second-order valence-corrected chi connectivity index (χ2v) is 6.14. The summed E-state index contributed by atoms with van der Waals surface area (Å²) in [7, 11) is 0. The van der Waals surface area contributed by atoms with Crippen molar-refractivity contribution in [3.8, 4) is 0 Å². The van der Waals surface area contributed by atoms with Crippen molar-refractivity contribution < 1.29 is 14.2 Å². The summed E-state index contributed by atoms with van der Waals surface area (Å²) in [5.41, 5.74) is 5.83. The summed E-state index contributed by atoms with van der Waals surface area (Å²) < 4.78 is 17.4. The molecule has 4 unspecified atom stereocenters. The number of aliphatic imine (C=N–C) groups is 1. The Hall–Kier alpha value is -0.850. The predicted molar refractivity (Wildman–Crippen MR) is 80.3 cm³/mol. The topological polar surface area (TPSA) is 78.1 Å². The molecule has 0 aromatic heterocycles. The van der Waals surface area contributed by atoms with Gasteiger partial charge in [-0.05, 0) is 39.0 Å². The molecular formula is C15H27N3O3. The van der Waals surface area contributed by atoms with Gasteiger partial charge < -0.3 is 25.3 Å². The molecule has 2 saturated heterocycles. The van der Waals surface area contributed by atoms with Crippen LogP contribution in [0.2, 0.25) is 0 Å². The highest BCUT2D eigenvalue weighted by Gasteiger charge is 2.58. The van der Waals surface area contributed by atoms with Gasteiger partial charge in [-0.15, -0.1) is 0 Å². The fourth-order valence-electron chi connectivity index (χ4n) is 3.69. The molecule has 4 atom stereocenters. The number of guanidine groups is 1. The van der Waals surface area contributed by atoms with Gasteiger partial charge in [0.05, 0.1) is 24.8 Å². The van der Waals surface area contributed by atoms with Crippen molar-refractivity contribution >= 4 is 5.96 Å². The van der Waals surface area contributed by atoms with E-state index in [0.717, 1.165) is 51.9 Å². The second-order valence-electron chi connectivity index (χ2n) is 6.14. The van der Waals surface area contributed by atoms with E-state index >= 15 is 0 Å². The minimum Gasteiger partial charge on any atom is -0.376 e. The molecule has 0 aromatic rings. The van der Waals surface area contributed by atoms with Crippen LogP contribution in [0.5, 0.6) is 0 Å². The second kappa shape index (κ2) is 6.50. The summed E-state index contributed by atoms with van der Waals surface area (Å²) >= 11 is 0. The molecule has 1 spiro atoms. The van der Waals surface area contributed by atoms with Gasteiger partial charge in [0.2, 0.25) is 0 Å². The highest BCUT2D eigenvalue weighted by Crippen LogP contribution is 2.45. The smallest absolute Gasteiger partial charge is 0.188 e. The van der Waals surface area contributed by atoms with Crippen LogP contribution in [0.4, 0.5) is 0 Å². The fourth-order valence-corrected chi connectivity index (χ4v) is 3.69. The molecule has 3 rings (SSSR count). The Balaban J connectivity index is 1.53. The lowest BCUT2D eigenvalue weighted by atomic mass is 9.70. The minimum absolute atomic E-state index is 0.188. The first kappa shape index (κ1) is 15.1. The summed E-state index contributed by atoms with van der Waals surface area (Å²) in [5.74, 6) is 0.500. The molecule has 0 amide bonds. The molecular weight excluding hydrogens is 270 g/mol. The normalized spacial score (nSPS) is 39.7. The molecule has 1 saturated carbocycles. The average molecular weight is 297 g/mol. The Morgan fingerprint density at radius 3 is 3.00 bits per heavy atom. The third-order valence-electron chi connectivity index (χ3n) is 4.85. The van der Waals surface area contributed by atoms with E-state index in [0.29, 0.717) is 12.5 Å². The molecule has 21 heavy (non-hydrogen) atoms. The van der Waals surface area contributed by atoms with Crippen LogP contribution in [0.3, 0.4) is 0 Å². The third-order valence-corrected chi connectivity index (χ3v) is 4.85. The largest absolute Gasteiger partial charge is 0.376 e. The zero-order valence-electron chi connectivity index (χ0n) is 12.8. The van der Waals surface area contributed by atoms with Gasteiger partial charge in [0, 0.05) is 19.8 Å². The van der Waals surface area contributed by atoms with Crippen LogP contribution in [0.1, 0.15) is 39.0 Å². The average Bonchev–Trinajstić information content (AvgIpc) is 3.16. The molecule has 6 heteroatoms. The summed E-state index contributed by atoms with van der Waals surface area (Å²) in [6.07, 6.45) is 5.70. The number of nitrogens with two attached hydrogens (primary N) is 1. The molecule has 0 radical (unpaired) electrons. The van der Waals surface area contributed by atoms with Crippen molar-refractivity contribution in [3.63, 3.8) is 0 Å². The number of rotatable bonds is 5. The van der Waals surface area contributed by atoms with Crippen LogP contribution in [0, 0.1) is 0 Å². The summed E-state index contributed by atoms with van der Waals surface area (Å²) in [5, 5.41) is 3.33. The van der Waals surface area contributed by atoms with E-state index in [4.69, 9.17) is 19.9 Å². The Kier molecular flexibility index (Phi) is 4.66. The van der Waals surface area contributed by atoms with Crippen LogP contribution in [-0.2, 0) is 14.2 Å². The minimum atomic E-state index is -0.194. The van der Waals surface area contributed by atoms with Crippen molar-refractivity contribution in [3.05, 3.63) is 0 Å². The third kappa shape index (κ3) is 3.03. The maximum atomic E-state index is 6.02. The van der Waals surface area contributed by atoms with Crippen molar-refractivity contribution in [2.75, 3.05) is 26.4 Å². The molecule has 2 heterocycles. The maximum Gasteiger partial charge on any atom is 0.188 e. The van der Waals surface area contributed by atoms with Gasteiger partial charge in [0.15, 0.2) is 5.96 Å². The van der Waals surface area contributed by atoms with Crippen LogP contribution in [0.25, 0.3) is 0 Å². The van der Waals surface area contributed by atoms with Gasteiger partial charge in [0.1, 0.15) is 5.60 Å². The van der Waals surface area contributed by atoms with Crippen LogP contribution < -0.4 is 11.1 Å². The fraction of sp³-hybridized carbons (Fsp3) is 0.933. The summed E-state index contributed by atoms with van der Waals surface area (Å²) in [6, 6.07) is 0.213. The van der Waals surface area contributed by atoms with Crippen LogP contribution >= 0.6 is 0 Å². The zero-order valence-corrected chi connectivity index (χ0v) is 12.8. The van der Waals surface area contributed by atoms with Gasteiger partial charge in [-0.25, -0.2) is 0 Å². The molecule has 6 nitrogen and oxygen atoms in total. The van der Waals surface area contributed by atoms with E-state index in [9.17, 15) is 0 Å². The first-order valence-electron chi connectivity index (χ1n) is 8.18. The van der Waals surface area contributed by atoms with Crippen LogP contribution in [0.15, 0.2) is 4.99 Å². The van der Waals surface area contributed by atoms with Crippen molar-refractivity contribution in [1.29, 1.82) is 0 Å². The van der Waals surface area contributed by atoms with Gasteiger partial charge in [0.25, 0.3) is 0 Å². The highest BCUT2D eigenvalue weighted by molar-refractivity contribution is 5.78. The van der Waals surface area contributed by atoms with Crippen LogP contribution in [-0.4, -0.2) is 56.2 Å². The van der Waals surface area contributed by atoms with E-state index in [-0.39, 0.29) is 23.9 Å². The van der Waals surface area contributed by atoms with Gasteiger partial charge in [-0.3, -0.25) is 4.99 Å². The van der Waals surface area contributed by atoms with Gasteiger partial charge in [-0.1, -0.05) is 0 Å². The predicted octanol–water partition coefficient (Wildman–Crippen LogP) is 0.796. The Morgan fingerprint density at radius 1 is 1.43 bits per heavy atom. The van der Waals surface area contributed by atoms with Gasteiger partial charge in [-0.2, -0.15) is 0 Å². The van der Waals surface area contributed by atoms with E-state index in [1.807, 2.05) is 6.92 Å². The number of hydrogen-bond donors (Lipinski definition) is 2. The van der Waals surface area contributed by atoms with E-state index in [1.165, 1.54) is 0 Å². The lowest BCUT2D eigenvalue weighted by molar-refractivity contribution is -0.194. The quantitative estimate of drug-likeness (QED) is 0.579. The van der Waals surface area contributed by atoms with E-state index in [1.54, 1.807) is 0 Å². The molecule has 2 aliphatic heterocycles. The Labute approximate surface area is 126 Å². The van der Waals surface area contributed by atoms with Gasteiger partial charge >= 0.3 is 0 Å². The molecule has 3 fully saturated rings. The summed E-state index contributed by atoms with van der Waals surface area (Å²) in [4.78, 5) is 4.42. The molecule has 0 bridgehead atoms. The maximum absolute atomic E-state index is 6.02. The Morgan fingerprint density at radius 2 is 2.33 bits per heavy atom. The van der Waals surface area contributed by atoms with E-state index in [2.05, 4.69) is 10.3 Å². The van der Waals surface area contributed by atoms with Crippen molar-refractivity contribution in [2.24, 2.45) is 10.7 Å². The first-order chi connectivity index (χ1) is 10.2. The SMILES string of the molecule is CCOC1CC(NC(N)=NCC2CCCO2)C12CCCO2. The van der Waals surface area contributed by atoms with Crippen molar-refractivity contribution in [2.45, 2.75) is 62.9 Å². The standard InChI is InChI=1S/C15H27N3O3/c1-2-19-13-9-12(15(13)6-4-8-21-15)18-14(16)17-10-11-5-3-7-20-11/h11-13H,2-10H2,1H3,(H3,16,17,18). The summed E-state index contributed by atoms with van der Waals surface area (Å²) in [6.45, 7) is 5.07. The molecule has 3 aliphatic rings.